The van der Waals surface area contributed by atoms with Crippen molar-refractivity contribution < 1.29 is 35.9 Å². The molecule has 2 rings (SSSR count). The molecule has 1 amide bonds. The number of benzene rings is 2. The Morgan fingerprint density at radius 2 is 1.69 bits per heavy atom. The largest absolute Gasteiger partial charge is 0.484 e. The van der Waals surface area contributed by atoms with Gasteiger partial charge in [0.2, 0.25) is 0 Å². The highest BCUT2D eigenvalue weighted by molar-refractivity contribution is 6.31. The molecule has 0 unspecified atom stereocenters. The van der Waals surface area contributed by atoms with E-state index in [-0.39, 0.29) is 11.4 Å². The fourth-order valence-electron chi connectivity index (χ4n) is 1.93. The Morgan fingerprint density at radius 3 is 2.31 bits per heavy atom. The van der Waals surface area contributed by atoms with Gasteiger partial charge in [0.05, 0.1) is 16.1 Å². The van der Waals surface area contributed by atoms with Crippen molar-refractivity contribution in [1.82, 2.24) is 0 Å². The summed E-state index contributed by atoms with van der Waals surface area (Å²) in [7, 11) is 0. The van der Waals surface area contributed by atoms with Crippen LogP contribution in [-0.4, -0.2) is 12.5 Å². The van der Waals surface area contributed by atoms with Crippen molar-refractivity contribution in [3.05, 3.63) is 58.6 Å². The highest BCUT2D eigenvalue weighted by Crippen LogP contribution is 2.36. The number of rotatable bonds is 4. The van der Waals surface area contributed by atoms with Crippen LogP contribution >= 0.6 is 11.6 Å². The van der Waals surface area contributed by atoms with Crippen LogP contribution in [-0.2, 0) is 17.1 Å². The van der Waals surface area contributed by atoms with Gasteiger partial charge in [0.1, 0.15) is 5.75 Å². The number of carbonyl (C=O) groups is 1. The molecule has 0 heterocycles. The molecule has 3 nitrogen and oxygen atoms in total. The van der Waals surface area contributed by atoms with Gasteiger partial charge >= 0.3 is 12.4 Å². The molecule has 10 heteroatoms. The Bertz CT molecular complexity index is 804. The quantitative estimate of drug-likeness (QED) is 0.702. The van der Waals surface area contributed by atoms with Gasteiger partial charge in [0.25, 0.3) is 5.91 Å². The van der Waals surface area contributed by atoms with Crippen LogP contribution in [0.4, 0.5) is 32.0 Å². The second kappa shape index (κ2) is 7.45. The van der Waals surface area contributed by atoms with E-state index in [9.17, 15) is 31.1 Å². The number of amides is 1. The molecule has 0 spiro atoms. The highest BCUT2D eigenvalue weighted by atomic mass is 35.5. The molecule has 0 fully saturated rings. The second-order valence-corrected chi connectivity index (χ2v) is 5.46. The smallest absolute Gasteiger partial charge is 0.417 e. The van der Waals surface area contributed by atoms with Gasteiger partial charge in [-0.05, 0) is 36.4 Å². The fourth-order valence-corrected chi connectivity index (χ4v) is 2.15. The molecule has 0 aliphatic rings. The van der Waals surface area contributed by atoms with Crippen LogP contribution in [0.1, 0.15) is 11.1 Å². The van der Waals surface area contributed by atoms with Crippen molar-refractivity contribution in [1.29, 1.82) is 0 Å². The average Bonchev–Trinajstić information content (AvgIpc) is 2.53. The summed E-state index contributed by atoms with van der Waals surface area (Å²) in [5.41, 5.74) is -2.27. The predicted molar refractivity (Wildman–Crippen MR) is 82.0 cm³/mol. The van der Waals surface area contributed by atoms with Crippen molar-refractivity contribution in [2.45, 2.75) is 12.4 Å². The second-order valence-electron chi connectivity index (χ2n) is 5.05. The third kappa shape index (κ3) is 5.29. The first kappa shape index (κ1) is 19.9. The molecule has 0 atom stereocenters. The van der Waals surface area contributed by atoms with Crippen LogP contribution < -0.4 is 10.1 Å². The van der Waals surface area contributed by atoms with Gasteiger partial charge in [-0.2, -0.15) is 26.3 Å². The summed E-state index contributed by atoms with van der Waals surface area (Å²) in [6, 6.07) is 6.62. The van der Waals surface area contributed by atoms with E-state index in [1.807, 2.05) is 0 Å². The molecular weight excluding hydrogens is 388 g/mol. The summed E-state index contributed by atoms with van der Waals surface area (Å²) in [6.45, 7) is -0.689. The van der Waals surface area contributed by atoms with Gasteiger partial charge in [-0.15, -0.1) is 0 Å². The number of anilines is 1. The van der Waals surface area contributed by atoms with Crippen LogP contribution in [0.3, 0.4) is 0 Å². The molecule has 0 bridgehead atoms. The highest BCUT2D eigenvalue weighted by Gasteiger charge is 2.33. The lowest BCUT2D eigenvalue weighted by Gasteiger charge is -2.12. The zero-order valence-electron chi connectivity index (χ0n) is 12.7. The molecular formula is C16H10ClF6NO2. The van der Waals surface area contributed by atoms with Gasteiger partial charge in [0.15, 0.2) is 6.61 Å². The normalized spacial score (nSPS) is 12.0. The van der Waals surface area contributed by atoms with E-state index < -0.39 is 41.0 Å². The van der Waals surface area contributed by atoms with E-state index >= 15 is 0 Å². The molecule has 0 radical (unpaired) electrons. The third-order valence-electron chi connectivity index (χ3n) is 3.09. The van der Waals surface area contributed by atoms with E-state index in [1.165, 1.54) is 6.07 Å². The molecule has 0 aliphatic carbocycles. The Kier molecular flexibility index (Phi) is 5.70. The van der Waals surface area contributed by atoms with Crippen molar-refractivity contribution in [2.75, 3.05) is 11.9 Å². The van der Waals surface area contributed by atoms with E-state index in [2.05, 4.69) is 5.32 Å². The topological polar surface area (TPSA) is 38.3 Å². The van der Waals surface area contributed by atoms with Gasteiger partial charge < -0.3 is 10.1 Å². The van der Waals surface area contributed by atoms with Crippen LogP contribution in [0.2, 0.25) is 5.02 Å². The number of nitrogens with one attached hydrogen (secondary N) is 1. The fraction of sp³-hybridized carbons (Fsp3) is 0.188. The zero-order valence-corrected chi connectivity index (χ0v) is 13.5. The summed E-state index contributed by atoms with van der Waals surface area (Å²) >= 11 is 5.46. The molecule has 0 aliphatic heterocycles. The SMILES string of the molecule is O=C(COc1cccc(C(F)(F)F)c1)Nc1ccc(Cl)c(C(F)(F)F)c1. The molecule has 1 N–H and O–H groups in total. The molecule has 26 heavy (non-hydrogen) atoms. The van der Waals surface area contributed by atoms with Crippen LogP contribution in [0.25, 0.3) is 0 Å². The lowest BCUT2D eigenvalue weighted by Crippen LogP contribution is -2.20. The molecule has 2 aromatic rings. The van der Waals surface area contributed by atoms with E-state index in [0.717, 1.165) is 24.3 Å². The number of ether oxygens (including phenoxy) is 1. The Hall–Kier alpha value is -2.42. The van der Waals surface area contributed by atoms with Crippen molar-refractivity contribution in [3.63, 3.8) is 0 Å². The Labute approximate surface area is 148 Å². The summed E-state index contributed by atoms with van der Waals surface area (Å²) in [5, 5.41) is 1.62. The first-order valence-electron chi connectivity index (χ1n) is 6.93. The maximum Gasteiger partial charge on any atom is 0.417 e. The van der Waals surface area contributed by atoms with E-state index in [1.54, 1.807) is 0 Å². The molecule has 0 aromatic heterocycles. The van der Waals surface area contributed by atoms with Gasteiger partial charge in [-0.3, -0.25) is 4.79 Å². The zero-order chi connectivity index (χ0) is 19.5. The maximum atomic E-state index is 12.8. The minimum absolute atomic E-state index is 0.181. The lowest BCUT2D eigenvalue weighted by molar-refractivity contribution is -0.138. The molecule has 0 saturated carbocycles. The molecule has 0 saturated heterocycles. The first-order valence-corrected chi connectivity index (χ1v) is 7.31. The Balaban J connectivity index is 2.02. The predicted octanol–water partition coefficient (Wildman–Crippen LogP) is 5.40. The summed E-state index contributed by atoms with van der Waals surface area (Å²) in [6.07, 6.45) is -9.27. The summed E-state index contributed by atoms with van der Waals surface area (Å²) in [5.74, 6) is -1.06. The van der Waals surface area contributed by atoms with Gasteiger partial charge in [-0.25, -0.2) is 0 Å². The van der Waals surface area contributed by atoms with Crippen LogP contribution in [0, 0.1) is 0 Å². The summed E-state index contributed by atoms with van der Waals surface area (Å²) < 4.78 is 81.0. The summed E-state index contributed by atoms with van der Waals surface area (Å²) in [4.78, 5) is 11.7. The van der Waals surface area contributed by atoms with Crippen LogP contribution in [0.15, 0.2) is 42.5 Å². The van der Waals surface area contributed by atoms with E-state index in [4.69, 9.17) is 16.3 Å². The number of carbonyl (C=O) groups excluding carboxylic acids is 1. The van der Waals surface area contributed by atoms with Crippen LogP contribution in [0.5, 0.6) is 5.75 Å². The first-order chi connectivity index (χ1) is 12.0. The molecule has 2 aromatic carbocycles. The standard InChI is InChI=1S/C16H10ClF6NO2/c17-13-5-4-10(7-12(13)16(21,22)23)24-14(25)8-26-11-3-1-2-9(6-11)15(18,19)20/h1-7H,8H2,(H,24,25). The average molecular weight is 398 g/mol. The number of hydrogen-bond acceptors (Lipinski definition) is 2. The number of halogens is 7. The minimum atomic E-state index is -4.70. The molecule has 140 valence electrons. The number of alkyl halides is 6. The number of hydrogen-bond donors (Lipinski definition) is 1. The third-order valence-corrected chi connectivity index (χ3v) is 3.42. The lowest BCUT2D eigenvalue weighted by atomic mass is 10.2. The van der Waals surface area contributed by atoms with Crippen molar-refractivity contribution >= 4 is 23.2 Å². The van der Waals surface area contributed by atoms with Crippen molar-refractivity contribution in [3.8, 4) is 5.75 Å². The maximum absolute atomic E-state index is 12.8. The monoisotopic (exact) mass is 397 g/mol. The van der Waals surface area contributed by atoms with Gasteiger partial charge in [0, 0.05) is 5.69 Å². The minimum Gasteiger partial charge on any atom is -0.484 e. The van der Waals surface area contributed by atoms with Crippen molar-refractivity contribution in [2.24, 2.45) is 0 Å². The Morgan fingerprint density at radius 1 is 1.00 bits per heavy atom. The van der Waals surface area contributed by atoms with Gasteiger partial charge in [-0.1, -0.05) is 17.7 Å². The van der Waals surface area contributed by atoms with E-state index in [0.29, 0.717) is 12.1 Å².